The Morgan fingerprint density at radius 1 is 1.00 bits per heavy atom. The standard InChI is InChI=1S/C22H35NO/c1-21(2)14-11-19(12-15-21)17-23-16-8-7-13-22(23,3)24-18-20-9-5-4-6-10-20/h4-6,9-10,19H,7-8,11-18H2,1-3H3. The average molecular weight is 330 g/mol. The van der Waals surface area contributed by atoms with Crippen molar-refractivity contribution < 1.29 is 4.74 Å². The van der Waals surface area contributed by atoms with E-state index in [1.807, 2.05) is 0 Å². The van der Waals surface area contributed by atoms with Gasteiger partial charge in [-0.2, -0.15) is 0 Å². The molecule has 1 aliphatic heterocycles. The fraction of sp³-hybridized carbons (Fsp3) is 0.727. The summed E-state index contributed by atoms with van der Waals surface area (Å²) >= 11 is 0. The lowest BCUT2D eigenvalue weighted by Gasteiger charge is -2.47. The van der Waals surface area contributed by atoms with Gasteiger partial charge in [0.2, 0.25) is 0 Å². The van der Waals surface area contributed by atoms with Crippen LogP contribution in [0.1, 0.15) is 71.3 Å². The molecule has 0 amide bonds. The van der Waals surface area contributed by atoms with E-state index < -0.39 is 0 Å². The van der Waals surface area contributed by atoms with E-state index in [0.29, 0.717) is 5.41 Å². The first-order valence-corrected chi connectivity index (χ1v) is 9.90. The number of likely N-dealkylation sites (tertiary alicyclic amines) is 1. The molecule has 0 radical (unpaired) electrons. The first-order chi connectivity index (χ1) is 11.5. The van der Waals surface area contributed by atoms with Crippen LogP contribution in [0.25, 0.3) is 0 Å². The van der Waals surface area contributed by atoms with Crippen LogP contribution in [-0.4, -0.2) is 23.7 Å². The number of nitrogens with zero attached hydrogens (tertiary/aromatic N) is 1. The molecule has 0 bridgehead atoms. The maximum absolute atomic E-state index is 6.48. The van der Waals surface area contributed by atoms with Crippen molar-refractivity contribution in [2.24, 2.45) is 11.3 Å². The van der Waals surface area contributed by atoms with Gasteiger partial charge in [0.15, 0.2) is 0 Å². The van der Waals surface area contributed by atoms with E-state index in [0.717, 1.165) is 18.9 Å². The number of ether oxygens (including phenoxy) is 1. The van der Waals surface area contributed by atoms with Crippen molar-refractivity contribution in [1.82, 2.24) is 4.90 Å². The van der Waals surface area contributed by atoms with Crippen molar-refractivity contribution >= 4 is 0 Å². The monoisotopic (exact) mass is 329 g/mol. The van der Waals surface area contributed by atoms with Crippen LogP contribution in [0.15, 0.2) is 30.3 Å². The highest BCUT2D eigenvalue weighted by molar-refractivity contribution is 5.13. The third-order valence-corrected chi connectivity index (χ3v) is 6.32. The van der Waals surface area contributed by atoms with Crippen molar-refractivity contribution in [2.75, 3.05) is 13.1 Å². The van der Waals surface area contributed by atoms with Gasteiger partial charge in [0.05, 0.1) is 6.61 Å². The second kappa shape index (κ2) is 7.58. The molecule has 1 saturated carbocycles. The Balaban J connectivity index is 1.58. The minimum absolute atomic E-state index is 0.0823. The van der Waals surface area contributed by atoms with Crippen LogP contribution in [0.4, 0.5) is 0 Å². The second-order valence-electron chi connectivity index (χ2n) is 8.96. The Kier molecular flexibility index (Phi) is 5.66. The third kappa shape index (κ3) is 4.61. The molecule has 2 aliphatic rings. The predicted molar refractivity (Wildman–Crippen MR) is 101 cm³/mol. The highest BCUT2D eigenvalue weighted by Crippen LogP contribution is 2.40. The van der Waals surface area contributed by atoms with Gasteiger partial charge < -0.3 is 4.74 Å². The summed E-state index contributed by atoms with van der Waals surface area (Å²) in [4.78, 5) is 2.66. The molecule has 2 nitrogen and oxygen atoms in total. The zero-order valence-electron chi connectivity index (χ0n) is 15.9. The van der Waals surface area contributed by atoms with Gasteiger partial charge in [0.1, 0.15) is 5.72 Å². The van der Waals surface area contributed by atoms with Gasteiger partial charge in [0.25, 0.3) is 0 Å². The lowest BCUT2D eigenvalue weighted by atomic mass is 9.73. The molecule has 2 fully saturated rings. The Labute approximate surface area is 148 Å². The van der Waals surface area contributed by atoms with E-state index >= 15 is 0 Å². The second-order valence-corrected chi connectivity index (χ2v) is 8.96. The smallest absolute Gasteiger partial charge is 0.119 e. The van der Waals surface area contributed by atoms with Gasteiger partial charge in [-0.15, -0.1) is 0 Å². The SMILES string of the molecule is CC1(C)CCC(CN2CCCCC2(C)OCc2ccccc2)CC1. The molecule has 3 rings (SSSR count). The zero-order chi connectivity index (χ0) is 17.0. The van der Waals surface area contributed by atoms with Gasteiger partial charge in [-0.3, -0.25) is 4.90 Å². The number of hydrogen-bond acceptors (Lipinski definition) is 2. The van der Waals surface area contributed by atoms with E-state index in [-0.39, 0.29) is 5.72 Å². The molecule has 134 valence electrons. The maximum Gasteiger partial charge on any atom is 0.119 e. The summed E-state index contributed by atoms with van der Waals surface area (Å²) in [6.07, 6.45) is 9.32. The van der Waals surface area contributed by atoms with E-state index in [4.69, 9.17) is 4.74 Å². The zero-order valence-corrected chi connectivity index (χ0v) is 15.9. The fourth-order valence-electron chi connectivity index (χ4n) is 4.36. The van der Waals surface area contributed by atoms with E-state index in [9.17, 15) is 0 Å². The molecule has 1 saturated heterocycles. The van der Waals surface area contributed by atoms with Gasteiger partial charge in [-0.1, -0.05) is 44.2 Å². The van der Waals surface area contributed by atoms with Crippen LogP contribution in [0.2, 0.25) is 0 Å². The van der Waals surface area contributed by atoms with Crippen LogP contribution in [0.3, 0.4) is 0 Å². The molecular weight excluding hydrogens is 294 g/mol. The van der Waals surface area contributed by atoms with Crippen molar-refractivity contribution in [3.63, 3.8) is 0 Å². The molecule has 0 spiro atoms. The molecule has 1 heterocycles. The highest BCUT2D eigenvalue weighted by atomic mass is 16.5. The average Bonchev–Trinajstić information content (AvgIpc) is 2.58. The topological polar surface area (TPSA) is 12.5 Å². The van der Waals surface area contributed by atoms with E-state index in [1.165, 1.54) is 57.2 Å². The molecule has 1 aromatic carbocycles. The third-order valence-electron chi connectivity index (χ3n) is 6.32. The van der Waals surface area contributed by atoms with Crippen molar-refractivity contribution in [3.8, 4) is 0 Å². The molecule has 24 heavy (non-hydrogen) atoms. The molecule has 0 N–H and O–H groups in total. The molecule has 1 aliphatic carbocycles. The van der Waals surface area contributed by atoms with Crippen molar-refractivity contribution in [3.05, 3.63) is 35.9 Å². The van der Waals surface area contributed by atoms with Gasteiger partial charge >= 0.3 is 0 Å². The Hall–Kier alpha value is -0.860. The minimum Gasteiger partial charge on any atom is -0.356 e. The summed E-state index contributed by atoms with van der Waals surface area (Å²) in [6.45, 7) is 10.3. The maximum atomic E-state index is 6.48. The lowest BCUT2D eigenvalue weighted by Crippen LogP contribution is -2.53. The number of benzene rings is 1. The van der Waals surface area contributed by atoms with Crippen LogP contribution in [0, 0.1) is 11.3 Å². The predicted octanol–water partition coefficient (Wildman–Crippen LogP) is 5.62. The van der Waals surface area contributed by atoms with Gasteiger partial charge in [-0.05, 0) is 68.8 Å². The van der Waals surface area contributed by atoms with E-state index in [2.05, 4.69) is 56.0 Å². The van der Waals surface area contributed by atoms with Crippen LogP contribution < -0.4 is 0 Å². The van der Waals surface area contributed by atoms with Gasteiger partial charge in [-0.25, -0.2) is 0 Å². The highest BCUT2D eigenvalue weighted by Gasteiger charge is 2.37. The number of piperidine rings is 1. The number of rotatable bonds is 5. The Bertz CT molecular complexity index is 502. The Morgan fingerprint density at radius 3 is 2.42 bits per heavy atom. The summed E-state index contributed by atoms with van der Waals surface area (Å²) in [5.74, 6) is 0.857. The van der Waals surface area contributed by atoms with E-state index in [1.54, 1.807) is 0 Å². The molecule has 1 atom stereocenters. The van der Waals surface area contributed by atoms with Gasteiger partial charge in [0, 0.05) is 13.1 Å². The lowest BCUT2D eigenvalue weighted by molar-refractivity contribution is -0.176. The normalized spacial score (nSPS) is 28.8. The summed E-state index contributed by atoms with van der Waals surface area (Å²) in [7, 11) is 0. The minimum atomic E-state index is -0.0823. The van der Waals surface area contributed by atoms with Crippen LogP contribution in [0.5, 0.6) is 0 Å². The van der Waals surface area contributed by atoms with Crippen LogP contribution >= 0.6 is 0 Å². The number of hydrogen-bond donors (Lipinski definition) is 0. The largest absolute Gasteiger partial charge is 0.356 e. The first kappa shape index (κ1) is 17.9. The molecular formula is C22H35NO. The molecule has 1 unspecified atom stereocenters. The Morgan fingerprint density at radius 2 is 1.71 bits per heavy atom. The quantitative estimate of drug-likeness (QED) is 0.695. The molecule has 2 heteroatoms. The summed E-state index contributed by atoms with van der Waals surface area (Å²) in [5.41, 5.74) is 1.76. The van der Waals surface area contributed by atoms with Crippen molar-refractivity contribution in [2.45, 2.75) is 78.0 Å². The summed E-state index contributed by atoms with van der Waals surface area (Å²) in [6, 6.07) is 10.6. The molecule has 1 aromatic rings. The summed E-state index contributed by atoms with van der Waals surface area (Å²) in [5, 5.41) is 0. The van der Waals surface area contributed by atoms with Crippen molar-refractivity contribution in [1.29, 1.82) is 0 Å². The van der Waals surface area contributed by atoms with Crippen LogP contribution in [-0.2, 0) is 11.3 Å². The fourth-order valence-corrected chi connectivity index (χ4v) is 4.36. The summed E-state index contributed by atoms with van der Waals surface area (Å²) < 4.78 is 6.48. The molecule has 0 aromatic heterocycles. The first-order valence-electron chi connectivity index (χ1n) is 9.90.